The van der Waals surface area contributed by atoms with Crippen molar-refractivity contribution in [1.82, 2.24) is 0 Å². The van der Waals surface area contributed by atoms with Crippen LogP contribution in [0.3, 0.4) is 0 Å². The van der Waals surface area contributed by atoms with Crippen molar-refractivity contribution in [2.45, 2.75) is 32.1 Å². The average Bonchev–Trinajstić information content (AvgIpc) is 2.45. The molecular weight excluding hydrogens is 230 g/mol. The molecule has 1 atom stereocenters. The fourth-order valence-corrected chi connectivity index (χ4v) is 2.67. The van der Waals surface area contributed by atoms with Crippen LogP contribution in [0.25, 0.3) is 0 Å². The highest BCUT2D eigenvalue weighted by molar-refractivity contribution is 5.44. The van der Waals surface area contributed by atoms with Gasteiger partial charge in [-0.1, -0.05) is 48.6 Å². The Labute approximate surface area is 117 Å². The van der Waals surface area contributed by atoms with Crippen molar-refractivity contribution in [1.29, 1.82) is 0 Å². The van der Waals surface area contributed by atoms with Crippen LogP contribution in [-0.4, -0.2) is 7.05 Å². The van der Waals surface area contributed by atoms with Crippen LogP contribution in [0.15, 0.2) is 55.2 Å². The quantitative estimate of drug-likeness (QED) is 0.804. The summed E-state index contributed by atoms with van der Waals surface area (Å²) in [6.07, 6.45) is 13.0. The van der Waals surface area contributed by atoms with Gasteiger partial charge in [0.15, 0.2) is 0 Å². The molecule has 0 heterocycles. The van der Waals surface area contributed by atoms with E-state index in [0.717, 1.165) is 12.8 Å². The molecule has 0 amide bonds. The summed E-state index contributed by atoms with van der Waals surface area (Å²) < 4.78 is 0. The van der Waals surface area contributed by atoms with E-state index in [1.165, 1.54) is 23.7 Å². The van der Waals surface area contributed by atoms with Gasteiger partial charge in [0.1, 0.15) is 0 Å². The molecule has 0 bridgehead atoms. The van der Waals surface area contributed by atoms with E-state index < -0.39 is 0 Å². The minimum atomic E-state index is 0.118. The van der Waals surface area contributed by atoms with Crippen molar-refractivity contribution in [3.63, 3.8) is 0 Å². The van der Waals surface area contributed by atoms with E-state index >= 15 is 0 Å². The zero-order valence-corrected chi connectivity index (χ0v) is 12.3. The maximum absolute atomic E-state index is 4.50. The number of hydrogen-bond donors (Lipinski definition) is 1. The second-order valence-electron chi connectivity index (χ2n) is 4.89. The molecule has 0 aromatic heterocycles. The lowest BCUT2D eigenvalue weighted by Crippen LogP contribution is -2.24. The van der Waals surface area contributed by atoms with E-state index in [9.17, 15) is 0 Å². The van der Waals surface area contributed by atoms with Gasteiger partial charge in [-0.15, -0.1) is 6.58 Å². The van der Waals surface area contributed by atoms with Crippen LogP contribution in [-0.2, 0) is 5.41 Å². The van der Waals surface area contributed by atoms with Crippen LogP contribution in [0, 0.1) is 13.8 Å². The van der Waals surface area contributed by atoms with E-state index in [2.05, 4.69) is 68.7 Å². The molecule has 1 aromatic rings. The zero-order valence-electron chi connectivity index (χ0n) is 12.3. The second kappa shape index (κ2) is 7.10. The summed E-state index contributed by atoms with van der Waals surface area (Å²) in [4.78, 5) is 0. The van der Waals surface area contributed by atoms with E-state index in [0.29, 0.717) is 0 Å². The summed E-state index contributed by atoms with van der Waals surface area (Å²) in [5, 5.41) is 0. The molecule has 1 aromatic carbocycles. The molecule has 0 saturated heterocycles. The Morgan fingerprint density at radius 1 is 1.26 bits per heavy atom. The molecule has 1 aliphatic rings. The van der Waals surface area contributed by atoms with Gasteiger partial charge in [-0.05, 0) is 50.4 Å². The van der Waals surface area contributed by atoms with Crippen LogP contribution in [0.2, 0.25) is 0 Å². The summed E-state index contributed by atoms with van der Waals surface area (Å²) in [7, 11) is 1.50. The number of rotatable bonds is 3. The highest BCUT2D eigenvalue weighted by Gasteiger charge is 2.29. The van der Waals surface area contributed by atoms with Crippen molar-refractivity contribution in [3.8, 4) is 0 Å². The van der Waals surface area contributed by atoms with Gasteiger partial charge in [0.2, 0.25) is 0 Å². The van der Waals surface area contributed by atoms with Gasteiger partial charge in [-0.25, -0.2) is 0 Å². The standard InChI is InChI=1S/C17H20.CH5N/c1-4-11-17(12-6-5-7-13-17)16-10-8-9-14(2)15(16)3;1-2/h4-10,12H,1,11,13H2,2-3H3;2H2,1H3. The van der Waals surface area contributed by atoms with Gasteiger partial charge in [0.05, 0.1) is 0 Å². The monoisotopic (exact) mass is 255 g/mol. The lowest BCUT2D eigenvalue weighted by Gasteiger charge is -2.33. The first-order valence-corrected chi connectivity index (χ1v) is 6.79. The summed E-state index contributed by atoms with van der Waals surface area (Å²) in [5.41, 5.74) is 8.84. The van der Waals surface area contributed by atoms with Crippen LogP contribution in [0.4, 0.5) is 0 Å². The topological polar surface area (TPSA) is 26.0 Å². The van der Waals surface area contributed by atoms with E-state index in [1.807, 2.05) is 6.08 Å². The lowest BCUT2D eigenvalue weighted by atomic mass is 9.71. The Balaban J connectivity index is 0.000000861. The highest BCUT2D eigenvalue weighted by atomic mass is 14.4. The summed E-state index contributed by atoms with van der Waals surface area (Å²) in [6, 6.07) is 6.60. The smallest absolute Gasteiger partial charge is 0.0206 e. The van der Waals surface area contributed by atoms with E-state index in [1.54, 1.807) is 0 Å². The van der Waals surface area contributed by atoms with Crippen molar-refractivity contribution in [2.75, 3.05) is 7.05 Å². The van der Waals surface area contributed by atoms with Gasteiger partial charge in [-0.2, -0.15) is 0 Å². The molecule has 1 heteroatoms. The second-order valence-corrected chi connectivity index (χ2v) is 4.89. The van der Waals surface area contributed by atoms with Crippen molar-refractivity contribution < 1.29 is 0 Å². The Morgan fingerprint density at radius 3 is 2.58 bits per heavy atom. The molecule has 19 heavy (non-hydrogen) atoms. The Bertz CT molecular complexity index is 478. The number of hydrogen-bond acceptors (Lipinski definition) is 1. The predicted octanol–water partition coefficient (Wildman–Crippen LogP) is 4.21. The normalized spacial score (nSPS) is 20.6. The maximum atomic E-state index is 4.50. The Morgan fingerprint density at radius 2 is 2.00 bits per heavy atom. The van der Waals surface area contributed by atoms with Gasteiger partial charge in [0.25, 0.3) is 0 Å². The number of aryl methyl sites for hydroxylation is 1. The summed E-state index contributed by atoms with van der Waals surface area (Å²) in [6.45, 7) is 8.33. The van der Waals surface area contributed by atoms with Crippen LogP contribution < -0.4 is 5.73 Å². The van der Waals surface area contributed by atoms with Crippen molar-refractivity contribution >= 4 is 0 Å². The first-order chi connectivity index (χ1) is 9.19. The molecule has 0 fully saturated rings. The fourth-order valence-electron chi connectivity index (χ4n) is 2.67. The predicted molar refractivity (Wildman–Crippen MR) is 85.4 cm³/mol. The fraction of sp³-hybridized carbons (Fsp3) is 0.333. The van der Waals surface area contributed by atoms with Crippen LogP contribution in [0.5, 0.6) is 0 Å². The molecule has 102 valence electrons. The molecule has 1 aliphatic carbocycles. The first kappa shape index (κ1) is 15.5. The Kier molecular flexibility index (Phi) is 5.78. The van der Waals surface area contributed by atoms with Gasteiger partial charge in [-0.3, -0.25) is 0 Å². The molecule has 0 aliphatic heterocycles. The molecule has 1 nitrogen and oxygen atoms in total. The molecular formula is C18H25N. The zero-order chi connectivity index (χ0) is 14.3. The molecule has 0 saturated carbocycles. The van der Waals surface area contributed by atoms with E-state index in [4.69, 9.17) is 0 Å². The number of allylic oxidation sites excluding steroid dienone is 5. The average molecular weight is 255 g/mol. The van der Waals surface area contributed by atoms with Crippen molar-refractivity contribution in [2.24, 2.45) is 5.73 Å². The maximum Gasteiger partial charge on any atom is 0.0206 e. The molecule has 2 N–H and O–H groups in total. The van der Waals surface area contributed by atoms with Gasteiger partial charge >= 0.3 is 0 Å². The summed E-state index contributed by atoms with van der Waals surface area (Å²) in [5.74, 6) is 0. The number of nitrogens with two attached hydrogens (primary N) is 1. The molecule has 0 radical (unpaired) electrons. The molecule has 0 spiro atoms. The Hall–Kier alpha value is -1.60. The molecule has 2 rings (SSSR count). The lowest BCUT2D eigenvalue weighted by molar-refractivity contribution is 0.542. The van der Waals surface area contributed by atoms with Gasteiger partial charge in [0, 0.05) is 5.41 Å². The van der Waals surface area contributed by atoms with Crippen LogP contribution >= 0.6 is 0 Å². The van der Waals surface area contributed by atoms with E-state index in [-0.39, 0.29) is 5.41 Å². The number of benzene rings is 1. The molecule has 1 unspecified atom stereocenters. The van der Waals surface area contributed by atoms with Crippen molar-refractivity contribution in [3.05, 3.63) is 71.8 Å². The van der Waals surface area contributed by atoms with Crippen LogP contribution in [0.1, 0.15) is 29.5 Å². The van der Waals surface area contributed by atoms with Gasteiger partial charge < -0.3 is 5.73 Å². The first-order valence-electron chi connectivity index (χ1n) is 6.79. The highest BCUT2D eigenvalue weighted by Crippen LogP contribution is 2.38. The third kappa shape index (κ3) is 3.24. The minimum Gasteiger partial charge on any atom is -0.333 e. The largest absolute Gasteiger partial charge is 0.333 e. The summed E-state index contributed by atoms with van der Waals surface area (Å²) >= 11 is 0. The third-order valence-electron chi connectivity index (χ3n) is 3.79. The SMILES string of the molecule is C=CCC1(c2cccc(C)c2C)C=CC=CC1.CN. The minimum absolute atomic E-state index is 0.118. The third-order valence-corrected chi connectivity index (χ3v) is 3.79.